The van der Waals surface area contributed by atoms with Crippen LogP contribution in [0.15, 0.2) is 45.4 Å². The predicted molar refractivity (Wildman–Crippen MR) is 97.5 cm³/mol. The van der Waals surface area contributed by atoms with E-state index in [1.54, 1.807) is 6.92 Å². The van der Waals surface area contributed by atoms with E-state index in [1.807, 2.05) is 36.4 Å². The summed E-state index contributed by atoms with van der Waals surface area (Å²) in [6.07, 6.45) is 1.38. The molecule has 3 aromatic rings. The monoisotopic (exact) mass is 403 g/mol. The molecule has 2 aromatic carbocycles. The lowest BCUT2D eigenvalue weighted by Gasteiger charge is -2.08. The molecule has 0 spiro atoms. The van der Waals surface area contributed by atoms with Gasteiger partial charge >= 0.3 is 0 Å². The zero-order valence-corrected chi connectivity index (χ0v) is 15.4. The van der Waals surface area contributed by atoms with Crippen LogP contribution in [0, 0.1) is 6.92 Å². The van der Waals surface area contributed by atoms with Gasteiger partial charge in [0.05, 0.1) is 0 Å². The number of benzene rings is 2. The fourth-order valence-corrected chi connectivity index (χ4v) is 2.77. The summed E-state index contributed by atoms with van der Waals surface area (Å²) in [5, 5.41) is 8.72. The average molecular weight is 404 g/mol. The van der Waals surface area contributed by atoms with Crippen molar-refractivity contribution in [2.24, 2.45) is 0 Å². The molecule has 0 radical (unpaired) electrons. The summed E-state index contributed by atoms with van der Waals surface area (Å²) in [5.74, 6) is 1.73. The zero-order chi connectivity index (χ0) is 17.6. The van der Waals surface area contributed by atoms with E-state index in [1.165, 1.54) is 0 Å². The number of nitrogens with one attached hydrogen (secondary N) is 1. The van der Waals surface area contributed by atoms with Crippen LogP contribution in [0.5, 0.6) is 5.75 Å². The Morgan fingerprint density at radius 3 is 2.84 bits per heavy atom. The van der Waals surface area contributed by atoms with Crippen molar-refractivity contribution >= 4 is 32.6 Å². The van der Waals surface area contributed by atoms with Crippen LogP contribution in [0.4, 0.5) is 0 Å². The number of halogens is 1. The van der Waals surface area contributed by atoms with Gasteiger partial charge < -0.3 is 14.6 Å². The summed E-state index contributed by atoms with van der Waals surface area (Å²) in [5.41, 5.74) is 0. The summed E-state index contributed by atoms with van der Waals surface area (Å²) in [4.78, 5) is 16.0. The van der Waals surface area contributed by atoms with E-state index in [0.717, 1.165) is 21.7 Å². The van der Waals surface area contributed by atoms with Gasteiger partial charge in [-0.05, 0) is 48.4 Å². The van der Waals surface area contributed by atoms with Crippen molar-refractivity contribution in [2.45, 2.75) is 19.8 Å². The Bertz CT molecular complexity index is 879. The first-order valence-corrected chi connectivity index (χ1v) is 8.77. The fourth-order valence-electron chi connectivity index (χ4n) is 2.39. The third kappa shape index (κ3) is 5.03. The second-order valence-corrected chi connectivity index (χ2v) is 6.55. The molecule has 1 heterocycles. The van der Waals surface area contributed by atoms with Gasteiger partial charge in [0.15, 0.2) is 12.4 Å². The molecule has 6 nitrogen and oxygen atoms in total. The third-order valence-corrected chi connectivity index (χ3v) is 4.10. The van der Waals surface area contributed by atoms with Crippen molar-refractivity contribution in [1.29, 1.82) is 0 Å². The summed E-state index contributed by atoms with van der Waals surface area (Å²) in [6, 6.07) is 11.8. The van der Waals surface area contributed by atoms with E-state index in [0.29, 0.717) is 30.4 Å². The summed E-state index contributed by atoms with van der Waals surface area (Å²) < 4.78 is 11.6. The number of carbonyl (C=O) groups excluding carboxylic acids is 1. The Kier molecular flexibility index (Phi) is 5.65. The van der Waals surface area contributed by atoms with E-state index in [9.17, 15) is 4.79 Å². The molecule has 3 rings (SSSR count). The number of carbonyl (C=O) groups is 1. The van der Waals surface area contributed by atoms with E-state index < -0.39 is 0 Å². The van der Waals surface area contributed by atoms with Gasteiger partial charge in [0.1, 0.15) is 5.75 Å². The van der Waals surface area contributed by atoms with Crippen LogP contribution in [-0.2, 0) is 11.2 Å². The highest BCUT2D eigenvalue weighted by atomic mass is 79.9. The van der Waals surface area contributed by atoms with Crippen LogP contribution < -0.4 is 10.1 Å². The molecule has 0 unspecified atom stereocenters. The topological polar surface area (TPSA) is 77.2 Å². The Morgan fingerprint density at radius 1 is 1.24 bits per heavy atom. The molecule has 1 aromatic heterocycles. The quantitative estimate of drug-likeness (QED) is 0.611. The maximum absolute atomic E-state index is 11.8. The second-order valence-electron chi connectivity index (χ2n) is 5.63. The van der Waals surface area contributed by atoms with Crippen LogP contribution >= 0.6 is 15.9 Å². The minimum atomic E-state index is -0.155. The SMILES string of the molecule is Cc1noc(CCCNC(=O)COc2ccc3cc(Br)ccc3c2)n1. The van der Waals surface area contributed by atoms with Crippen LogP contribution in [0.1, 0.15) is 18.1 Å². The Morgan fingerprint density at radius 2 is 2.04 bits per heavy atom. The second kappa shape index (κ2) is 8.11. The molecule has 25 heavy (non-hydrogen) atoms. The summed E-state index contributed by atoms with van der Waals surface area (Å²) >= 11 is 3.45. The van der Waals surface area contributed by atoms with Gasteiger partial charge in [-0.25, -0.2) is 0 Å². The van der Waals surface area contributed by atoms with E-state index in [-0.39, 0.29) is 12.5 Å². The van der Waals surface area contributed by atoms with Crippen LogP contribution in [0.3, 0.4) is 0 Å². The predicted octanol–water partition coefficient (Wildman–Crippen LogP) is 3.42. The van der Waals surface area contributed by atoms with Crippen molar-refractivity contribution in [3.05, 3.63) is 52.6 Å². The minimum Gasteiger partial charge on any atom is -0.484 e. The lowest BCUT2D eigenvalue weighted by Crippen LogP contribution is -2.29. The molecule has 0 aliphatic carbocycles. The largest absolute Gasteiger partial charge is 0.484 e. The molecule has 0 saturated carbocycles. The van der Waals surface area contributed by atoms with E-state index in [4.69, 9.17) is 9.26 Å². The normalized spacial score (nSPS) is 10.8. The first-order valence-electron chi connectivity index (χ1n) is 7.98. The van der Waals surface area contributed by atoms with Crippen LogP contribution in [-0.4, -0.2) is 29.2 Å². The van der Waals surface area contributed by atoms with Gasteiger partial charge in [0, 0.05) is 17.4 Å². The number of aromatic nitrogens is 2. The number of fused-ring (bicyclic) bond motifs is 1. The van der Waals surface area contributed by atoms with Crippen molar-refractivity contribution in [3.63, 3.8) is 0 Å². The number of ether oxygens (including phenoxy) is 1. The average Bonchev–Trinajstić information content (AvgIpc) is 3.02. The first-order chi connectivity index (χ1) is 12.1. The van der Waals surface area contributed by atoms with Crippen molar-refractivity contribution < 1.29 is 14.1 Å². The van der Waals surface area contributed by atoms with Crippen molar-refractivity contribution in [3.8, 4) is 5.75 Å². The summed E-state index contributed by atoms with van der Waals surface area (Å²) in [6.45, 7) is 2.30. The molecule has 0 bridgehead atoms. The standard InChI is InChI=1S/C18H18BrN3O3/c1-12-21-18(25-22-12)3-2-8-20-17(23)11-24-16-7-5-13-9-15(19)6-4-14(13)10-16/h4-7,9-10H,2-3,8,11H2,1H3,(H,20,23). The lowest BCUT2D eigenvalue weighted by molar-refractivity contribution is -0.123. The molecule has 0 aliphatic heterocycles. The van der Waals surface area contributed by atoms with Gasteiger partial charge in [-0.1, -0.05) is 33.2 Å². The summed E-state index contributed by atoms with van der Waals surface area (Å²) in [7, 11) is 0. The van der Waals surface area contributed by atoms with Gasteiger partial charge in [-0.2, -0.15) is 4.98 Å². The molecule has 130 valence electrons. The Labute approximate surface area is 153 Å². The Balaban J connectivity index is 1.42. The highest BCUT2D eigenvalue weighted by Crippen LogP contribution is 2.24. The molecule has 0 aliphatic rings. The first kappa shape index (κ1) is 17.4. The van der Waals surface area contributed by atoms with Gasteiger partial charge in [-0.3, -0.25) is 4.79 Å². The van der Waals surface area contributed by atoms with Crippen molar-refractivity contribution in [1.82, 2.24) is 15.5 Å². The minimum absolute atomic E-state index is 0.0122. The van der Waals surface area contributed by atoms with Crippen molar-refractivity contribution in [2.75, 3.05) is 13.2 Å². The van der Waals surface area contributed by atoms with Gasteiger partial charge in [-0.15, -0.1) is 0 Å². The number of rotatable bonds is 7. The third-order valence-electron chi connectivity index (χ3n) is 3.60. The van der Waals surface area contributed by atoms with Crippen LogP contribution in [0.25, 0.3) is 10.8 Å². The number of amides is 1. The molecule has 0 fully saturated rings. The number of nitrogens with zero attached hydrogens (tertiary/aromatic N) is 2. The Hall–Kier alpha value is -2.41. The van der Waals surface area contributed by atoms with Gasteiger partial charge in [0.2, 0.25) is 5.89 Å². The van der Waals surface area contributed by atoms with E-state index in [2.05, 4.69) is 31.4 Å². The maximum Gasteiger partial charge on any atom is 0.257 e. The molecular formula is C18H18BrN3O3. The molecule has 7 heteroatoms. The molecular weight excluding hydrogens is 386 g/mol. The molecule has 1 amide bonds. The maximum atomic E-state index is 11.8. The van der Waals surface area contributed by atoms with Gasteiger partial charge in [0.25, 0.3) is 5.91 Å². The van der Waals surface area contributed by atoms with Crippen LogP contribution in [0.2, 0.25) is 0 Å². The molecule has 0 atom stereocenters. The van der Waals surface area contributed by atoms with E-state index >= 15 is 0 Å². The molecule has 0 saturated heterocycles. The molecule has 1 N–H and O–H groups in total. The number of hydrogen-bond donors (Lipinski definition) is 1. The number of aryl methyl sites for hydroxylation is 2. The lowest BCUT2D eigenvalue weighted by atomic mass is 10.1. The number of hydrogen-bond acceptors (Lipinski definition) is 5. The highest BCUT2D eigenvalue weighted by Gasteiger charge is 2.05. The smallest absolute Gasteiger partial charge is 0.257 e. The zero-order valence-electron chi connectivity index (χ0n) is 13.8. The fraction of sp³-hybridized carbons (Fsp3) is 0.278. The highest BCUT2D eigenvalue weighted by molar-refractivity contribution is 9.10.